The third kappa shape index (κ3) is 8.08. The molecule has 4 rings (SSSR count). The van der Waals surface area contributed by atoms with Crippen LogP contribution >= 0.6 is 0 Å². The zero-order valence-electron chi connectivity index (χ0n) is 25.0. The Kier molecular flexibility index (Phi) is 11.7. The second kappa shape index (κ2) is 15.2. The van der Waals surface area contributed by atoms with Gasteiger partial charge in [0.25, 0.3) is 0 Å². The second-order valence-electron chi connectivity index (χ2n) is 13.0. The summed E-state index contributed by atoms with van der Waals surface area (Å²) < 4.78 is 5.74. The first-order valence-electron chi connectivity index (χ1n) is 16.5. The van der Waals surface area contributed by atoms with E-state index in [-0.39, 0.29) is 11.4 Å². The number of unbranched alkanes of at least 4 members (excludes halogenated alkanes) is 11. The van der Waals surface area contributed by atoms with Gasteiger partial charge in [0.05, 0.1) is 0 Å². The molecule has 1 aromatic rings. The number of esters is 1. The van der Waals surface area contributed by atoms with Crippen LogP contribution in [0.1, 0.15) is 153 Å². The maximum Gasteiger partial charge on any atom is 0.311 e. The van der Waals surface area contributed by atoms with Crippen LogP contribution in [0, 0.1) is 17.3 Å². The predicted molar refractivity (Wildman–Crippen MR) is 161 cm³/mol. The topological polar surface area (TPSA) is 43.4 Å². The first-order valence-corrected chi connectivity index (χ1v) is 16.5. The molecule has 0 unspecified atom stereocenters. The molecular weight excluding hydrogens is 480 g/mol. The van der Waals surface area contributed by atoms with E-state index >= 15 is 0 Å². The Morgan fingerprint density at radius 2 is 1.59 bits per heavy atom. The predicted octanol–water partition coefficient (Wildman–Crippen LogP) is 10.1. The molecule has 0 saturated heterocycles. The van der Waals surface area contributed by atoms with E-state index in [0.717, 1.165) is 51.4 Å². The molecule has 0 radical (unpaired) electrons. The molecule has 0 N–H and O–H groups in total. The van der Waals surface area contributed by atoms with Gasteiger partial charge in [-0.1, -0.05) is 83.4 Å². The van der Waals surface area contributed by atoms with Crippen LogP contribution in [0.2, 0.25) is 0 Å². The highest BCUT2D eigenvalue weighted by molar-refractivity contribution is 5.87. The number of carbonyl (C=O) groups is 2. The van der Waals surface area contributed by atoms with Crippen molar-refractivity contribution in [3.8, 4) is 5.75 Å². The molecule has 1 aromatic carbocycles. The lowest BCUT2D eigenvalue weighted by molar-refractivity contribution is -0.134. The number of ether oxygens (including phenoxy) is 1. The lowest BCUT2D eigenvalue weighted by Gasteiger charge is -2.48. The van der Waals surface area contributed by atoms with E-state index in [1.807, 2.05) is 6.07 Å². The number of aryl methyl sites for hydroxylation is 1. The van der Waals surface area contributed by atoms with E-state index in [2.05, 4.69) is 38.1 Å². The monoisotopic (exact) mass is 534 g/mol. The first kappa shape index (κ1) is 30.1. The lowest BCUT2D eigenvalue weighted by atomic mass is 9.55. The smallest absolute Gasteiger partial charge is 0.311 e. The third-order valence-electron chi connectivity index (χ3n) is 10.3. The van der Waals surface area contributed by atoms with Crippen molar-refractivity contribution in [2.75, 3.05) is 0 Å². The van der Waals surface area contributed by atoms with Crippen LogP contribution in [-0.4, -0.2) is 11.8 Å². The molecule has 0 amide bonds. The van der Waals surface area contributed by atoms with E-state index in [0.29, 0.717) is 35.7 Å². The van der Waals surface area contributed by atoms with Crippen LogP contribution < -0.4 is 4.74 Å². The van der Waals surface area contributed by atoms with E-state index in [1.54, 1.807) is 0 Å². The van der Waals surface area contributed by atoms with Gasteiger partial charge in [0.2, 0.25) is 0 Å². The Hall–Kier alpha value is -1.90. The molecule has 3 aliphatic carbocycles. The molecule has 2 saturated carbocycles. The molecule has 0 heterocycles. The molecule has 4 atom stereocenters. The number of ketones is 1. The van der Waals surface area contributed by atoms with Crippen molar-refractivity contribution < 1.29 is 14.3 Å². The van der Waals surface area contributed by atoms with Gasteiger partial charge in [-0.2, -0.15) is 0 Å². The van der Waals surface area contributed by atoms with E-state index in [1.165, 1.54) is 81.8 Å². The fourth-order valence-corrected chi connectivity index (χ4v) is 7.92. The lowest BCUT2D eigenvalue weighted by Crippen LogP contribution is -2.42. The quantitative estimate of drug-likeness (QED) is 0.0917. The van der Waals surface area contributed by atoms with E-state index in [9.17, 15) is 9.59 Å². The maximum absolute atomic E-state index is 12.6. The summed E-state index contributed by atoms with van der Waals surface area (Å²) in [7, 11) is 0. The summed E-state index contributed by atoms with van der Waals surface area (Å²) in [6, 6.07) is 6.35. The van der Waals surface area contributed by atoms with Gasteiger partial charge in [0.15, 0.2) is 0 Å². The van der Waals surface area contributed by atoms with Gasteiger partial charge in [0.1, 0.15) is 11.5 Å². The fourth-order valence-electron chi connectivity index (χ4n) is 7.92. The molecule has 0 aliphatic heterocycles. The summed E-state index contributed by atoms with van der Waals surface area (Å²) >= 11 is 0. The molecule has 2 fully saturated rings. The highest BCUT2D eigenvalue weighted by atomic mass is 16.5. The van der Waals surface area contributed by atoms with Gasteiger partial charge in [-0.05, 0) is 105 Å². The van der Waals surface area contributed by atoms with Gasteiger partial charge in [-0.15, -0.1) is 0 Å². The van der Waals surface area contributed by atoms with Crippen molar-refractivity contribution in [1.29, 1.82) is 0 Å². The van der Waals surface area contributed by atoms with Crippen molar-refractivity contribution in [3.05, 3.63) is 41.5 Å². The van der Waals surface area contributed by atoms with Crippen molar-refractivity contribution in [3.63, 3.8) is 0 Å². The third-order valence-corrected chi connectivity index (χ3v) is 10.3. The molecule has 3 heteroatoms. The van der Waals surface area contributed by atoms with Gasteiger partial charge < -0.3 is 4.74 Å². The Morgan fingerprint density at radius 1 is 0.897 bits per heavy atom. The summed E-state index contributed by atoms with van der Waals surface area (Å²) in [5, 5.41) is 0. The van der Waals surface area contributed by atoms with Crippen molar-refractivity contribution in [2.45, 2.75) is 148 Å². The van der Waals surface area contributed by atoms with Crippen LogP contribution in [0.3, 0.4) is 0 Å². The number of benzene rings is 1. The SMILES string of the molecule is CCCCCCCC/C=C\CCCCCCCC(=O)Oc1ccc2c(c1)CC[C@@H]1[C@@H]2CC[C@]2(C)C(=O)CC[C@@H]12. The molecular formula is C36H54O3. The summed E-state index contributed by atoms with van der Waals surface area (Å²) in [6.07, 6.45) is 27.8. The Labute approximate surface area is 238 Å². The van der Waals surface area contributed by atoms with Gasteiger partial charge >= 0.3 is 5.97 Å². The fraction of sp³-hybridized carbons (Fsp3) is 0.722. The molecule has 3 nitrogen and oxygen atoms in total. The molecule has 3 aliphatic rings. The van der Waals surface area contributed by atoms with Crippen LogP contribution in [0.4, 0.5) is 0 Å². The average Bonchev–Trinajstić information content (AvgIpc) is 3.24. The zero-order chi connectivity index (χ0) is 27.5. The van der Waals surface area contributed by atoms with Crippen LogP contribution in [0.5, 0.6) is 5.75 Å². The normalized spacial score (nSPS) is 25.9. The average molecular weight is 535 g/mol. The zero-order valence-corrected chi connectivity index (χ0v) is 25.0. The van der Waals surface area contributed by atoms with Crippen LogP contribution in [0.15, 0.2) is 30.4 Å². The molecule has 0 spiro atoms. The summed E-state index contributed by atoms with van der Waals surface area (Å²) in [5.74, 6) is 2.88. The molecule has 0 bridgehead atoms. The maximum atomic E-state index is 12.6. The minimum atomic E-state index is -0.0980. The number of Topliss-reactive ketones (excluding diaryl/α,β-unsaturated/α-hetero) is 1. The Bertz CT molecular complexity index is 962. The number of hydrogen-bond acceptors (Lipinski definition) is 3. The number of rotatable bonds is 16. The van der Waals surface area contributed by atoms with Crippen molar-refractivity contribution in [1.82, 2.24) is 0 Å². The standard InChI is InChI=1S/C36H54O3/c1-3-4-5-6-7-8-9-10-11-12-13-14-15-16-17-18-35(38)39-29-20-22-30-28(27-29)19-21-32-31(30)25-26-36(2)33(32)23-24-34(36)37/h10-11,20,22,27,31-33H,3-9,12-19,21,23-26H2,1-2H3/b11-10-/t31-,32-,33+,36+/m1/s1. The highest BCUT2D eigenvalue weighted by Crippen LogP contribution is 2.59. The molecule has 39 heavy (non-hydrogen) atoms. The number of hydrogen-bond donors (Lipinski definition) is 0. The van der Waals surface area contributed by atoms with E-state index < -0.39 is 0 Å². The Morgan fingerprint density at radius 3 is 2.33 bits per heavy atom. The summed E-state index contributed by atoms with van der Waals surface area (Å²) in [6.45, 7) is 4.50. The number of carbonyl (C=O) groups excluding carboxylic acids is 2. The largest absolute Gasteiger partial charge is 0.427 e. The van der Waals surface area contributed by atoms with E-state index in [4.69, 9.17) is 4.74 Å². The first-order chi connectivity index (χ1) is 19.0. The second-order valence-corrected chi connectivity index (χ2v) is 13.0. The Balaban J connectivity index is 1.08. The van der Waals surface area contributed by atoms with Gasteiger partial charge in [-0.3, -0.25) is 9.59 Å². The van der Waals surface area contributed by atoms with Gasteiger partial charge in [0, 0.05) is 18.3 Å². The summed E-state index contributed by atoms with van der Waals surface area (Å²) in [4.78, 5) is 25.0. The van der Waals surface area contributed by atoms with Crippen molar-refractivity contribution in [2.24, 2.45) is 17.3 Å². The molecule has 216 valence electrons. The van der Waals surface area contributed by atoms with Gasteiger partial charge in [-0.25, -0.2) is 0 Å². The number of allylic oxidation sites excluding steroid dienone is 2. The van der Waals surface area contributed by atoms with Crippen LogP contribution in [-0.2, 0) is 16.0 Å². The summed E-state index contributed by atoms with van der Waals surface area (Å²) in [5.41, 5.74) is 2.73. The highest BCUT2D eigenvalue weighted by Gasteiger charge is 2.54. The molecule has 0 aromatic heterocycles. The minimum Gasteiger partial charge on any atom is -0.427 e. The van der Waals surface area contributed by atoms with Crippen LogP contribution in [0.25, 0.3) is 0 Å². The number of fused-ring (bicyclic) bond motifs is 5. The van der Waals surface area contributed by atoms with Crippen molar-refractivity contribution >= 4 is 11.8 Å². The minimum absolute atomic E-state index is 0.0713.